The number of carbonyl (C=O) groups excluding carboxylic acids is 2. The molecule has 2 aromatic rings. The van der Waals surface area contributed by atoms with Crippen LogP contribution in [0.4, 0.5) is 5.95 Å². The Labute approximate surface area is 121 Å². The van der Waals surface area contributed by atoms with Crippen LogP contribution < -0.4 is 5.32 Å². The highest BCUT2D eigenvalue weighted by molar-refractivity contribution is 6.06. The molecule has 0 unspecified atom stereocenters. The number of H-pyrrole nitrogens is 1. The molecule has 0 aliphatic heterocycles. The van der Waals surface area contributed by atoms with Crippen molar-refractivity contribution in [2.45, 2.75) is 20.3 Å². The second kappa shape index (κ2) is 6.12. The second-order valence-corrected chi connectivity index (χ2v) is 4.26. The van der Waals surface area contributed by atoms with Crippen molar-refractivity contribution < 1.29 is 14.3 Å². The first-order valence-electron chi connectivity index (χ1n) is 6.32. The molecule has 2 heterocycles. The minimum absolute atomic E-state index is 0.180. The number of ether oxygens (including phenoxy) is 1. The Morgan fingerprint density at radius 1 is 1.33 bits per heavy atom. The third-order valence-electron chi connectivity index (χ3n) is 2.96. The number of aromatic amines is 1. The number of hydrogen-bond donors (Lipinski definition) is 2. The van der Waals surface area contributed by atoms with Crippen molar-refractivity contribution >= 4 is 17.8 Å². The highest BCUT2D eigenvalue weighted by Crippen LogP contribution is 2.14. The number of pyridine rings is 1. The van der Waals surface area contributed by atoms with E-state index in [4.69, 9.17) is 0 Å². The van der Waals surface area contributed by atoms with Crippen molar-refractivity contribution in [3.63, 3.8) is 0 Å². The van der Waals surface area contributed by atoms with Gasteiger partial charge in [0.25, 0.3) is 5.91 Å². The van der Waals surface area contributed by atoms with E-state index in [-0.39, 0.29) is 17.1 Å². The van der Waals surface area contributed by atoms with Crippen LogP contribution in [-0.4, -0.2) is 39.2 Å². The summed E-state index contributed by atoms with van der Waals surface area (Å²) < 4.78 is 4.65. The first-order chi connectivity index (χ1) is 10.1. The van der Waals surface area contributed by atoms with Gasteiger partial charge in [0.15, 0.2) is 0 Å². The van der Waals surface area contributed by atoms with E-state index in [9.17, 15) is 9.59 Å². The van der Waals surface area contributed by atoms with Crippen molar-refractivity contribution in [2.24, 2.45) is 0 Å². The summed E-state index contributed by atoms with van der Waals surface area (Å²) in [6.07, 6.45) is 3.42. The molecule has 1 amide bonds. The van der Waals surface area contributed by atoms with Crippen LogP contribution in [0.25, 0.3) is 0 Å². The quantitative estimate of drug-likeness (QED) is 0.816. The van der Waals surface area contributed by atoms with Gasteiger partial charge >= 0.3 is 5.97 Å². The van der Waals surface area contributed by atoms with Crippen LogP contribution in [0.2, 0.25) is 0 Å². The van der Waals surface area contributed by atoms with Gasteiger partial charge in [-0.2, -0.15) is 4.98 Å². The summed E-state index contributed by atoms with van der Waals surface area (Å²) in [7, 11) is 1.27. The molecule has 0 saturated carbocycles. The van der Waals surface area contributed by atoms with E-state index in [1.807, 2.05) is 6.92 Å². The van der Waals surface area contributed by atoms with Crippen LogP contribution in [-0.2, 0) is 11.2 Å². The standard InChI is InChI=1S/C13H15N5O3/c1-4-10-15-13(18-17-10)16-11(19)8-5-14-6-9(7(8)2)12(20)21-3/h5-6H,4H2,1-3H3,(H2,15,16,17,18,19). The number of hydrogen-bond acceptors (Lipinski definition) is 6. The van der Waals surface area contributed by atoms with Crippen LogP contribution in [0.15, 0.2) is 12.4 Å². The molecule has 21 heavy (non-hydrogen) atoms. The van der Waals surface area contributed by atoms with E-state index in [1.54, 1.807) is 6.92 Å². The second-order valence-electron chi connectivity index (χ2n) is 4.26. The van der Waals surface area contributed by atoms with Crippen LogP contribution in [0.1, 0.15) is 39.0 Å². The summed E-state index contributed by atoms with van der Waals surface area (Å²) >= 11 is 0. The molecule has 2 aromatic heterocycles. The molecule has 0 aromatic carbocycles. The summed E-state index contributed by atoms with van der Waals surface area (Å²) in [5, 5.41) is 9.13. The zero-order chi connectivity index (χ0) is 15.4. The number of nitrogens with zero attached hydrogens (tertiary/aromatic N) is 3. The van der Waals surface area contributed by atoms with Gasteiger partial charge in [0, 0.05) is 18.8 Å². The lowest BCUT2D eigenvalue weighted by molar-refractivity contribution is 0.0599. The number of carbonyl (C=O) groups is 2. The van der Waals surface area contributed by atoms with Gasteiger partial charge in [0.1, 0.15) is 5.82 Å². The molecule has 0 aliphatic carbocycles. The monoisotopic (exact) mass is 289 g/mol. The summed E-state index contributed by atoms with van der Waals surface area (Å²) in [5.74, 6) is -0.128. The van der Waals surface area contributed by atoms with Crippen LogP contribution in [0.5, 0.6) is 0 Å². The topological polar surface area (TPSA) is 110 Å². The van der Waals surface area contributed by atoms with Gasteiger partial charge in [-0.15, -0.1) is 5.10 Å². The molecule has 110 valence electrons. The molecule has 0 spiro atoms. The molecule has 0 radical (unpaired) electrons. The molecular weight excluding hydrogens is 274 g/mol. The van der Waals surface area contributed by atoms with E-state index in [0.29, 0.717) is 17.8 Å². The number of amides is 1. The fourth-order valence-corrected chi connectivity index (χ4v) is 1.75. The zero-order valence-corrected chi connectivity index (χ0v) is 11.9. The predicted molar refractivity (Wildman–Crippen MR) is 74.0 cm³/mol. The average Bonchev–Trinajstić information content (AvgIpc) is 2.94. The maximum atomic E-state index is 12.2. The number of methoxy groups -OCH3 is 1. The molecule has 0 fully saturated rings. The smallest absolute Gasteiger partial charge is 0.339 e. The molecule has 2 N–H and O–H groups in total. The van der Waals surface area contributed by atoms with Gasteiger partial charge < -0.3 is 4.74 Å². The zero-order valence-electron chi connectivity index (χ0n) is 11.9. The molecule has 8 heteroatoms. The van der Waals surface area contributed by atoms with Crippen LogP contribution >= 0.6 is 0 Å². The molecule has 8 nitrogen and oxygen atoms in total. The lowest BCUT2D eigenvalue weighted by Crippen LogP contribution is -2.17. The molecular formula is C13H15N5O3. The van der Waals surface area contributed by atoms with Crippen molar-refractivity contribution in [3.8, 4) is 0 Å². The molecule has 2 rings (SSSR count). The van der Waals surface area contributed by atoms with Crippen molar-refractivity contribution in [1.29, 1.82) is 0 Å². The number of esters is 1. The Bertz CT molecular complexity index is 680. The predicted octanol–water partition coefficient (Wildman–Crippen LogP) is 1.11. The molecule has 0 bridgehead atoms. The first-order valence-corrected chi connectivity index (χ1v) is 6.32. The maximum absolute atomic E-state index is 12.2. The van der Waals surface area contributed by atoms with Gasteiger partial charge in [-0.3, -0.25) is 20.2 Å². The maximum Gasteiger partial charge on any atom is 0.339 e. The van der Waals surface area contributed by atoms with E-state index in [0.717, 1.165) is 0 Å². The lowest BCUT2D eigenvalue weighted by Gasteiger charge is -2.08. The van der Waals surface area contributed by atoms with Crippen molar-refractivity contribution in [1.82, 2.24) is 20.2 Å². The van der Waals surface area contributed by atoms with Gasteiger partial charge in [0.2, 0.25) is 5.95 Å². The fourth-order valence-electron chi connectivity index (χ4n) is 1.75. The van der Waals surface area contributed by atoms with Gasteiger partial charge in [0.05, 0.1) is 18.2 Å². The summed E-state index contributed by atoms with van der Waals surface area (Å²) in [5.41, 5.74) is 0.996. The van der Waals surface area contributed by atoms with Gasteiger partial charge in [-0.05, 0) is 12.5 Å². The van der Waals surface area contributed by atoms with E-state index in [2.05, 4.69) is 30.2 Å². The van der Waals surface area contributed by atoms with E-state index >= 15 is 0 Å². The number of anilines is 1. The van der Waals surface area contributed by atoms with Crippen LogP contribution in [0.3, 0.4) is 0 Å². The Morgan fingerprint density at radius 2 is 2.05 bits per heavy atom. The Morgan fingerprint density at radius 3 is 2.67 bits per heavy atom. The first kappa shape index (κ1) is 14.6. The molecule has 0 atom stereocenters. The van der Waals surface area contributed by atoms with Crippen molar-refractivity contribution in [2.75, 3.05) is 12.4 Å². The third kappa shape index (κ3) is 3.04. The Kier molecular flexibility index (Phi) is 4.27. The Hall–Kier alpha value is -2.77. The van der Waals surface area contributed by atoms with E-state index in [1.165, 1.54) is 19.5 Å². The molecule has 0 aliphatic rings. The van der Waals surface area contributed by atoms with Crippen molar-refractivity contribution in [3.05, 3.63) is 34.9 Å². The Balaban J connectivity index is 2.25. The van der Waals surface area contributed by atoms with Crippen LogP contribution in [0, 0.1) is 6.92 Å². The lowest BCUT2D eigenvalue weighted by atomic mass is 10.1. The average molecular weight is 289 g/mol. The number of nitrogens with one attached hydrogen (secondary N) is 2. The SMILES string of the molecule is CCc1nc(NC(=O)c2cncc(C(=O)OC)c2C)n[nH]1. The molecule has 0 saturated heterocycles. The fraction of sp³-hybridized carbons (Fsp3) is 0.308. The summed E-state index contributed by atoms with van der Waals surface area (Å²) in [4.78, 5) is 31.8. The normalized spacial score (nSPS) is 10.2. The number of aromatic nitrogens is 4. The minimum atomic E-state index is -0.541. The number of aryl methyl sites for hydroxylation is 1. The van der Waals surface area contributed by atoms with E-state index < -0.39 is 11.9 Å². The third-order valence-corrected chi connectivity index (χ3v) is 2.96. The highest BCUT2D eigenvalue weighted by atomic mass is 16.5. The highest BCUT2D eigenvalue weighted by Gasteiger charge is 2.18. The summed E-state index contributed by atoms with van der Waals surface area (Å²) in [6, 6.07) is 0. The van der Waals surface area contributed by atoms with Gasteiger partial charge in [-0.25, -0.2) is 4.79 Å². The largest absolute Gasteiger partial charge is 0.465 e. The minimum Gasteiger partial charge on any atom is -0.465 e. The van der Waals surface area contributed by atoms with Gasteiger partial charge in [-0.1, -0.05) is 6.92 Å². The summed E-state index contributed by atoms with van der Waals surface area (Å²) in [6.45, 7) is 3.57. The number of rotatable bonds is 4.